The van der Waals surface area contributed by atoms with Crippen LogP contribution in [0.25, 0.3) is 0 Å². The number of ketones is 1. The van der Waals surface area contributed by atoms with Crippen LogP contribution in [0.4, 0.5) is 0 Å². The van der Waals surface area contributed by atoms with Crippen molar-refractivity contribution in [3.63, 3.8) is 0 Å². The fourth-order valence-electron chi connectivity index (χ4n) is 2.84. The predicted octanol–water partition coefficient (Wildman–Crippen LogP) is 2.79. The third-order valence-corrected chi connectivity index (χ3v) is 4.44. The second-order valence-electron chi connectivity index (χ2n) is 6.96. The van der Waals surface area contributed by atoms with Crippen LogP contribution in [-0.2, 0) is 4.79 Å². The van der Waals surface area contributed by atoms with Gasteiger partial charge in [0.05, 0.1) is 6.54 Å². The zero-order valence-corrected chi connectivity index (χ0v) is 14.7. The number of rotatable bonds is 5. The molecule has 126 valence electrons. The summed E-state index contributed by atoms with van der Waals surface area (Å²) in [5.41, 5.74) is 2.03. The summed E-state index contributed by atoms with van der Waals surface area (Å²) >= 11 is 0. The summed E-state index contributed by atoms with van der Waals surface area (Å²) in [4.78, 5) is 28.4. The third kappa shape index (κ3) is 4.64. The van der Waals surface area contributed by atoms with Gasteiger partial charge in [0.25, 0.3) is 0 Å². The van der Waals surface area contributed by atoms with E-state index in [1.54, 1.807) is 0 Å². The van der Waals surface area contributed by atoms with E-state index in [2.05, 4.69) is 18.7 Å². The van der Waals surface area contributed by atoms with E-state index in [9.17, 15) is 9.59 Å². The number of Topliss-reactive ketones (excluding diaryl/α,β-unsaturated/α-hetero) is 1. The first-order valence-corrected chi connectivity index (χ1v) is 8.52. The molecule has 4 heteroatoms. The van der Waals surface area contributed by atoms with Gasteiger partial charge in [0.15, 0.2) is 5.78 Å². The molecule has 4 nitrogen and oxygen atoms in total. The Labute approximate surface area is 139 Å². The molecule has 1 saturated heterocycles. The Morgan fingerprint density at radius 2 is 1.52 bits per heavy atom. The molecule has 1 aliphatic heterocycles. The van der Waals surface area contributed by atoms with Crippen LogP contribution in [0.2, 0.25) is 0 Å². The molecule has 1 aromatic carbocycles. The first-order valence-electron chi connectivity index (χ1n) is 8.52. The molecule has 1 heterocycles. The zero-order valence-electron chi connectivity index (χ0n) is 14.7. The van der Waals surface area contributed by atoms with Gasteiger partial charge < -0.3 is 4.90 Å². The Kier molecular flexibility index (Phi) is 5.94. The van der Waals surface area contributed by atoms with E-state index in [-0.39, 0.29) is 17.6 Å². The highest BCUT2D eigenvalue weighted by molar-refractivity contribution is 5.97. The molecule has 0 atom stereocenters. The van der Waals surface area contributed by atoms with Gasteiger partial charge >= 0.3 is 0 Å². The standard InChI is InChI=1S/C19H28N2O2/c1-14(2)16-5-7-17(8-6-16)18(22)13-20-9-11-21(12-10-20)19(23)15(3)4/h5-8,14-15H,9-13H2,1-4H3. The van der Waals surface area contributed by atoms with Crippen molar-refractivity contribution in [2.45, 2.75) is 33.6 Å². The first kappa shape index (κ1) is 17.7. The highest BCUT2D eigenvalue weighted by atomic mass is 16.2. The van der Waals surface area contributed by atoms with Crippen molar-refractivity contribution in [2.75, 3.05) is 32.7 Å². The van der Waals surface area contributed by atoms with E-state index in [1.165, 1.54) is 5.56 Å². The van der Waals surface area contributed by atoms with Crippen molar-refractivity contribution >= 4 is 11.7 Å². The number of carbonyl (C=O) groups excluding carboxylic acids is 2. The molecule has 23 heavy (non-hydrogen) atoms. The molecule has 0 aliphatic carbocycles. The highest BCUT2D eigenvalue weighted by Crippen LogP contribution is 2.15. The van der Waals surface area contributed by atoms with Crippen LogP contribution in [0.15, 0.2) is 24.3 Å². The molecule has 2 rings (SSSR count). The van der Waals surface area contributed by atoms with E-state index in [1.807, 2.05) is 43.0 Å². The number of hydrogen-bond acceptors (Lipinski definition) is 3. The minimum atomic E-state index is 0.0441. The lowest BCUT2D eigenvalue weighted by atomic mass is 10.0. The fraction of sp³-hybridized carbons (Fsp3) is 0.579. The molecule has 0 radical (unpaired) electrons. The Bertz CT molecular complexity index is 541. The largest absolute Gasteiger partial charge is 0.340 e. The maximum Gasteiger partial charge on any atom is 0.225 e. The summed E-state index contributed by atoms with van der Waals surface area (Å²) in [6.07, 6.45) is 0. The molecule has 0 N–H and O–H groups in total. The van der Waals surface area contributed by atoms with E-state index >= 15 is 0 Å². The quantitative estimate of drug-likeness (QED) is 0.784. The maximum absolute atomic E-state index is 12.4. The Hall–Kier alpha value is -1.68. The minimum absolute atomic E-state index is 0.0441. The monoisotopic (exact) mass is 316 g/mol. The fourth-order valence-corrected chi connectivity index (χ4v) is 2.84. The molecule has 0 unspecified atom stereocenters. The number of carbonyl (C=O) groups is 2. The molecule has 0 spiro atoms. The molecule has 0 bridgehead atoms. The van der Waals surface area contributed by atoms with E-state index < -0.39 is 0 Å². The SMILES string of the molecule is CC(C)C(=O)N1CCN(CC(=O)c2ccc(C(C)C)cc2)CC1. The van der Waals surface area contributed by atoms with Crippen molar-refractivity contribution in [3.8, 4) is 0 Å². The molecular formula is C19H28N2O2. The van der Waals surface area contributed by atoms with Gasteiger partial charge in [-0.05, 0) is 11.5 Å². The van der Waals surface area contributed by atoms with Crippen LogP contribution in [0, 0.1) is 5.92 Å². The second-order valence-corrected chi connectivity index (χ2v) is 6.96. The Morgan fingerprint density at radius 3 is 2.00 bits per heavy atom. The summed E-state index contributed by atoms with van der Waals surface area (Å²) in [5, 5.41) is 0. The van der Waals surface area contributed by atoms with E-state index in [4.69, 9.17) is 0 Å². The lowest BCUT2D eigenvalue weighted by molar-refractivity contribution is -0.136. The lowest BCUT2D eigenvalue weighted by Gasteiger charge is -2.35. The predicted molar refractivity (Wildman–Crippen MR) is 92.7 cm³/mol. The average molecular weight is 316 g/mol. The molecule has 1 aliphatic rings. The van der Waals surface area contributed by atoms with Crippen LogP contribution in [0.1, 0.15) is 49.5 Å². The van der Waals surface area contributed by atoms with Crippen molar-refractivity contribution in [2.24, 2.45) is 5.92 Å². The maximum atomic E-state index is 12.4. The van der Waals surface area contributed by atoms with Gasteiger partial charge in [-0.3, -0.25) is 14.5 Å². The number of nitrogens with zero attached hydrogens (tertiary/aromatic N) is 2. The van der Waals surface area contributed by atoms with Gasteiger partial charge in [-0.1, -0.05) is 52.0 Å². The first-order chi connectivity index (χ1) is 10.9. The minimum Gasteiger partial charge on any atom is -0.340 e. The number of hydrogen-bond donors (Lipinski definition) is 0. The van der Waals surface area contributed by atoms with Gasteiger partial charge in [0, 0.05) is 37.7 Å². The normalized spacial score (nSPS) is 16.2. The van der Waals surface area contributed by atoms with Crippen LogP contribution >= 0.6 is 0 Å². The summed E-state index contributed by atoms with van der Waals surface area (Å²) < 4.78 is 0. The van der Waals surface area contributed by atoms with E-state index in [0.717, 1.165) is 31.7 Å². The number of benzene rings is 1. The summed E-state index contributed by atoms with van der Waals surface area (Å²) in [5.74, 6) is 0.887. The van der Waals surface area contributed by atoms with Gasteiger partial charge in [-0.25, -0.2) is 0 Å². The molecule has 0 aromatic heterocycles. The van der Waals surface area contributed by atoms with Crippen molar-refractivity contribution in [1.82, 2.24) is 9.80 Å². The number of piperazine rings is 1. The summed E-state index contributed by atoms with van der Waals surface area (Å²) in [6, 6.07) is 7.93. The molecular weight excluding hydrogens is 288 g/mol. The van der Waals surface area contributed by atoms with Crippen LogP contribution < -0.4 is 0 Å². The zero-order chi connectivity index (χ0) is 17.0. The van der Waals surface area contributed by atoms with Gasteiger partial charge in [0.1, 0.15) is 0 Å². The van der Waals surface area contributed by atoms with Crippen LogP contribution in [-0.4, -0.2) is 54.2 Å². The van der Waals surface area contributed by atoms with Crippen LogP contribution in [0.5, 0.6) is 0 Å². The summed E-state index contributed by atoms with van der Waals surface area (Å²) in [7, 11) is 0. The molecule has 1 amide bonds. The summed E-state index contributed by atoms with van der Waals surface area (Å²) in [6.45, 7) is 11.6. The molecule has 0 saturated carbocycles. The lowest BCUT2D eigenvalue weighted by Crippen LogP contribution is -2.50. The van der Waals surface area contributed by atoms with Crippen molar-refractivity contribution in [3.05, 3.63) is 35.4 Å². The smallest absolute Gasteiger partial charge is 0.225 e. The molecule has 1 fully saturated rings. The average Bonchev–Trinajstić information content (AvgIpc) is 2.54. The Morgan fingerprint density at radius 1 is 0.957 bits per heavy atom. The van der Waals surface area contributed by atoms with Gasteiger partial charge in [-0.15, -0.1) is 0 Å². The highest BCUT2D eigenvalue weighted by Gasteiger charge is 2.24. The molecule has 1 aromatic rings. The number of amides is 1. The van der Waals surface area contributed by atoms with Gasteiger partial charge in [-0.2, -0.15) is 0 Å². The van der Waals surface area contributed by atoms with E-state index in [0.29, 0.717) is 12.5 Å². The van der Waals surface area contributed by atoms with Crippen LogP contribution in [0.3, 0.4) is 0 Å². The third-order valence-electron chi connectivity index (χ3n) is 4.44. The topological polar surface area (TPSA) is 40.6 Å². The Balaban J connectivity index is 1.86. The second kappa shape index (κ2) is 7.73. The van der Waals surface area contributed by atoms with Crippen molar-refractivity contribution in [1.29, 1.82) is 0 Å². The van der Waals surface area contributed by atoms with Gasteiger partial charge in [0.2, 0.25) is 5.91 Å². The van der Waals surface area contributed by atoms with Crippen molar-refractivity contribution < 1.29 is 9.59 Å².